The summed E-state index contributed by atoms with van der Waals surface area (Å²) in [7, 11) is 1.72. The summed E-state index contributed by atoms with van der Waals surface area (Å²) in [6, 6.07) is 0. The molecule has 0 fully saturated rings. The number of H-pyrrole nitrogens is 1. The van der Waals surface area contributed by atoms with Crippen LogP contribution >= 0.6 is 27.3 Å². The van der Waals surface area contributed by atoms with Gasteiger partial charge in [0.2, 0.25) is 4.80 Å². The summed E-state index contributed by atoms with van der Waals surface area (Å²) in [6.07, 6.45) is 0. The van der Waals surface area contributed by atoms with Crippen molar-refractivity contribution in [1.82, 2.24) is 10.2 Å². The van der Waals surface area contributed by atoms with E-state index in [0.717, 1.165) is 8.72 Å². The number of hydrogen-bond donors (Lipinski definition) is 1. The van der Waals surface area contributed by atoms with Gasteiger partial charge in [0.25, 0.3) is 0 Å². The molecule has 1 N–H and O–H groups in total. The summed E-state index contributed by atoms with van der Waals surface area (Å²) in [4.78, 5) is 4.69. The number of aromatic amines is 1. The zero-order valence-corrected chi connectivity index (χ0v) is 6.58. The third-order valence-corrected chi connectivity index (χ3v) is 2.01. The minimum Gasteiger partial charge on any atom is -0.261 e. The molecular weight excluding hydrogens is 190 g/mol. The van der Waals surface area contributed by atoms with Crippen LogP contribution in [-0.2, 0) is 0 Å². The van der Waals surface area contributed by atoms with E-state index in [9.17, 15) is 0 Å². The van der Waals surface area contributed by atoms with Gasteiger partial charge in [0, 0.05) is 7.05 Å². The number of hydrogen-bond acceptors (Lipinski definition) is 3. The van der Waals surface area contributed by atoms with E-state index >= 15 is 0 Å². The van der Waals surface area contributed by atoms with Crippen LogP contribution in [-0.4, -0.2) is 17.2 Å². The Balaban J connectivity index is 3.20. The summed E-state index contributed by atoms with van der Waals surface area (Å²) in [5.74, 6) is 0. The van der Waals surface area contributed by atoms with Crippen LogP contribution in [0.15, 0.2) is 8.91 Å². The van der Waals surface area contributed by atoms with Gasteiger partial charge in [0.05, 0.1) is 0 Å². The molecule has 3 nitrogen and oxygen atoms in total. The molecule has 0 spiro atoms. The van der Waals surface area contributed by atoms with Gasteiger partial charge in [-0.25, -0.2) is 0 Å². The topological polar surface area (TPSA) is 41.0 Å². The highest BCUT2D eigenvalue weighted by atomic mass is 79.9. The van der Waals surface area contributed by atoms with E-state index in [4.69, 9.17) is 0 Å². The van der Waals surface area contributed by atoms with Gasteiger partial charge in [0.1, 0.15) is 0 Å². The largest absolute Gasteiger partial charge is 0.261 e. The molecule has 0 aliphatic heterocycles. The number of nitrogens with zero attached hydrogens (tertiary/aromatic N) is 2. The van der Waals surface area contributed by atoms with E-state index in [0.29, 0.717) is 0 Å². The van der Waals surface area contributed by atoms with Crippen molar-refractivity contribution in [3.05, 3.63) is 8.72 Å². The predicted octanol–water partition coefficient (Wildman–Crippen LogP) is 0.764. The first-order chi connectivity index (χ1) is 3.83. The predicted molar refractivity (Wildman–Crippen MR) is 35.7 cm³/mol. The fourth-order valence-corrected chi connectivity index (χ4v) is 1.29. The van der Waals surface area contributed by atoms with Crippen molar-refractivity contribution in [3.8, 4) is 0 Å². The van der Waals surface area contributed by atoms with Crippen molar-refractivity contribution in [2.24, 2.45) is 4.99 Å². The van der Waals surface area contributed by atoms with Crippen molar-refractivity contribution in [1.29, 1.82) is 0 Å². The molecule has 0 radical (unpaired) electrons. The van der Waals surface area contributed by atoms with Crippen LogP contribution in [0.3, 0.4) is 0 Å². The molecule has 0 aromatic carbocycles. The molecule has 0 atom stereocenters. The first kappa shape index (κ1) is 5.97. The van der Waals surface area contributed by atoms with Crippen LogP contribution in [0, 0.1) is 0 Å². The third kappa shape index (κ3) is 1.16. The highest BCUT2D eigenvalue weighted by Crippen LogP contribution is 2.04. The maximum Gasteiger partial charge on any atom is 0.200 e. The average molecular weight is 194 g/mol. The van der Waals surface area contributed by atoms with E-state index in [-0.39, 0.29) is 0 Å². The zero-order valence-electron chi connectivity index (χ0n) is 4.18. The van der Waals surface area contributed by atoms with E-state index < -0.39 is 0 Å². The standard InChI is InChI=1S/C3H4BrN3S/c1-5-3-7-6-2(4)8-3/h1H3,(H,5,7). The lowest BCUT2D eigenvalue weighted by Gasteiger charge is -1.62. The molecule has 1 aromatic rings. The molecule has 0 saturated heterocycles. The second-order valence-electron chi connectivity index (χ2n) is 1.11. The molecule has 0 aliphatic rings. The van der Waals surface area contributed by atoms with Gasteiger partial charge in [-0.15, -0.1) is 0 Å². The van der Waals surface area contributed by atoms with Gasteiger partial charge in [-0.3, -0.25) is 10.1 Å². The van der Waals surface area contributed by atoms with Crippen molar-refractivity contribution < 1.29 is 0 Å². The Morgan fingerprint density at radius 3 is 2.88 bits per heavy atom. The lowest BCUT2D eigenvalue weighted by atomic mass is 11.3. The molecular formula is C3H4BrN3S. The van der Waals surface area contributed by atoms with Gasteiger partial charge >= 0.3 is 0 Å². The van der Waals surface area contributed by atoms with Crippen molar-refractivity contribution in [2.45, 2.75) is 0 Å². The van der Waals surface area contributed by atoms with Crippen LogP contribution < -0.4 is 4.80 Å². The van der Waals surface area contributed by atoms with Crippen LogP contribution in [0.1, 0.15) is 0 Å². The van der Waals surface area contributed by atoms with Crippen LogP contribution in [0.5, 0.6) is 0 Å². The minimum absolute atomic E-state index is 0.830. The van der Waals surface area contributed by atoms with E-state index in [1.807, 2.05) is 0 Å². The smallest absolute Gasteiger partial charge is 0.200 e. The average Bonchev–Trinajstić information content (AvgIpc) is 2.14. The molecule has 0 unspecified atom stereocenters. The van der Waals surface area contributed by atoms with Crippen molar-refractivity contribution in [2.75, 3.05) is 7.05 Å². The van der Waals surface area contributed by atoms with Crippen LogP contribution in [0.2, 0.25) is 0 Å². The highest BCUT2D eigenvalue weighted by molar-refractivity contribution is 9.11. The van der Waals surface area contributed by atoms with Gasteiger partial charge < -0.3 is 0 Å². The number of aromatic nitrogens is 2. The molecule has 1 aromatic heterocycles. The van der Waals surface area contributed by atoms with Crippen LogP contribution in [0.4, 0.5) is 0 Å². The van der Waals surface area contributed by atoms with E-state index in [1.165, 1.54) is 11.3 Å². The third-order valence-electron chi connectivity index (χ3n) is 0.623. The lowest BCUT2D eigenvalue weighted by Crippen LogP contribution is -1.95. The summed E-state index contributed by atoms with van der Waals surface area (Å²) in [5, 5.41) is 6.51. The molecule has 1 heterocycles. The molecule has 0 aliphatic carbocycles. The van der Waals surface area contributed by atoms with Gasteiger partial charge in [-0.1, -0.05) is 11.3 Å². The molecule has 44 valence electrons. The Bertz CT molecular complexity index is 224. The molecule has 5 heteroatoms. The number of rotatable bonds is 0. The molecule has 8 heavy (non-hydrogen) atoms. The normalized spacial score (nSPS) is 12.5. The van der Waals surface area contributed by atoms with E-state index in [2.05, 4.69) is 31.1 Å². The second-order valence-corrected chi connectivity index (χ2v) is 3.36. The summed E-state index contributed by atoms with van der Waals surface area (Å²) < 4.78 is 0.832. The summed E-state index contributed by atoms with van der Waals surface area (Å²) >= 11 is 4.66. The summed E-state index contributed by atoms with van der Waals surface area (Å²) in [6.45, 7) is 0. The number of nitrogens with one attached hydrogen (secondary N) is 1. The zero-order chi connectivity index (χ0) is 5.98. The van der Waals surface area contributed by atoms with Crippen LogP contribution in [0.25, 0.3) is 0 Å². The number of halogens is 1. The highest BCUT2D eigenvalue weighted by Gasteiger charge is 1.86. The Hall–Kier alpha value is -0.160. The van der Waals surface area contributed by atoms with E-state index in [1.54, 1.807) is 7.05 Å². The summed E-state index contributed by atoms with van der Waals surface area (Å²) in [5.41, 5.74) is 0. The van der Waals surface area contributed by atoms with Gasteiger partial charge in [0.15, 0.2) is 3.92 Å². The van der Waals surface area contributed by atoms with Crippen molar-refractivity contribution in [3.63, 3.8) is 0 Å². The fourth-order valence-electron chi connectivity index (χ4n) is 0.313. The maximum absolute atomic E-state index is 3.86. The van der Waals surface area contributed by atoms with Gasteiger partial charge in [-0.2, -0.15) is 5.10 Å². The first-order valence-electron chi connectivity index (χ1n) is 1.97. The lowest BCUT2D eigenvalue weighted by molar-refractivity contribution is 1.00. The molecule has 0 bridgehead atoms. The molecule has 1 rings (SSSR count). The van der Waals surface area contributed by atoms with Gasteiger partial charge in [-0.05, 0) is 15.9 Å². The minimum atomic E-state index is 0.830. The molecule has 0 amide bonds. The Morgan fingerprint density at radius 1 is 1.88 bits per heavy atom. The fraction of sp³-hybridized carbons (Fsp3) is 0.333. The van der Waals surface area contributed by atoms with Crippen molar-refractivity contribution >= 4 is 27.3 Å². The Labute approximate surface area is 58.6 Å². The first-order valence-corrected chi connectivity index (χ1v) is 3.57. The Kier molecular flexibility index (Phi) is 1.80. The second kappa shape index (κ2) is 2.41. The Morgan fingerprint density at radius 2 is 2.62 bits per heavy atom. The SMILES string of the molecule is C/N=c1\[nH]nc(Br)s1. The molecule has 0 saturated carbocycles. The maximum atomic E-state index is 3.86. The quantitative estimate of drug-likeness (QED) is 0.650. The monoisotopic (exact) mass is 193 g/mol.